The molecule has 2 heteroatoms. The Morgan fingerprint density at radius 2 is 2.14 bits per heavy atom. The van der Waals surface area contributed by atoms with Crippen LogP contribution in [0, 0.1) is 11.8 Å². The van der Waals surface area contributed by atoms with Crippen molar-refractivity contribution in [2.24, 2.45) is 11.8 Å². The highest BCUT2D eigenvalue weighted by molar-refractivity contribution is 5.83. The molecule has 2 fully saturated rings. The van der Waals surface area contributed by atoms with Gasteiger partial charge in [0, 0.05) is 18.4 Å². The summed E-state index contributed by atoms with van der Waals surface area (Å²) < 4.78 is 0. The van der Waals surface area contributed by atoms with Gasteiger partial charge in [-0.15, -0.1) is 0 Å². The first-order valence-corrected chi connectivity index (χ1v) is 6.05. The van der Waals surface area contributed by atoms with E-state index in [2.05, 4.69) is 12.2 Å². The van der Waals surface area contributed by atoms with Crippen LogP contribution in [0.25, 0.3) is 0 Å². The van der Waals surface area contributed by atoms with Crippen LogP contribution in [-0.2, 0) is 4.79 Å². The molecule has 0 aromatic rings. The fourth-order valence-corrected chi connectivity index (χ4v) is 2.44. The Kier molecular flexibility index (Phi) is 3.22. The van der Waals surface area contributed by atoms with Crippen molar-refractivity contribution in [2.45, 2.75) is 51.5 Å². The molecule has 2 atom stereocenters. The zero-order chi connectivity index (χ0) is 9.97. The van der Waals surface area contributed by atoms with Crippen LogP contribution in [0.5, 0.6) is 0 Å². The van der Waals surface area contributed by atoms with Gasteiger partial charge in [0.25, 0.3) is 0 Å². The summed E-state index contributed by atoms with van der Waals surface area (Å²) in [5, 5.41) is 3.48. The summed E-state index contributed by atoms with van der Waals surface area (Å²) in [5.41, 5.74) is 0. The first-order chi connectivity index (χ1) is 6.79. The van der Waals surface area contributed by atoms with E-state index in [1.807, 2.05) is 0 Å². The number of piperidine rings is 1. The maximum Gasteiger partial charge on any atom is 0.137 e. The van der Waals surface area contributed by atoms with E-state index in [0.29, 0.717) is 17.7 Å². The molecule has 0 aromatic carbocycles. The minimum absolute atomic E-state index is 0.443. The van der Waals surface area contributed by atoms with Gasteiger partial charge in [-0.3, -0.25) is 4.79 Å². The number of Topliss-reactive ketones (excluding diaryl/α,β-unsaturated/α-hetero) is 1. The molecule has 2 nitrogen and oxygen atoms in total. The highest BCUT2D eigenvalue weighted by Gasteiger charge is 2.32. The Bertz CT molecular complexity index is 210. The summed E-state index contributed by atoms with van der Waals surface area (Å²) in [7, 11) is 0. The lowest BCUT2D eigenvalue weighted by Crippen LogP contribution is -2.39. The van der Waals surface area contributed by atoms with Crippen LogP contribution in [0.4, 0.5) is 0 Å². The number of nitrogens with one attached hydrogen (secondary N) is 1. The predicted molar refractivity (Wildman–Crippen MR) is 57.2 cm³/mol. The van der Waals surface area contributed by atoms with Crippen LogP contribution in [0.3, 0.4) is 0 Å². The van der Waals surface area contributed by atoms with Gasteiger partial charge in [-0.25, -0.2) is 0 Å². The molecule has 14 heavy (non-hydrogen) atoms. The maximum absolute atomic E-state index is 11.6. The molecule has 2 aliphatic rings. The van der Waals surface area contributed by atoms with E-state index in [1.165, 1.54) is 19.3 Å². The number of carbonyl (C=O) groups is 1. The molecule has 1 N–H and O–H groups in total. The van der Waals surface area contributed by atoms with E-state index in [-0.39, 0.29) is 0 Å². The molecule has 0 radical (unpaired) electrons. The zero-order valence-corrected chi connectivity index (χ0v) is 9.09. The molecule has 0 aromatic heterocycles. The van der Waals surface area contributed by atoms with Crippen molar-refractivity contribution in [2.75, 3.05) is 6.54 Å². The van der Waals surface area contributed by atoms with Crippen LogP contribution < -0.4 is 5.32 Å². The molecular weight excluding hydrogens is 174 g/mol. The molecule has 0 spiro atoms. The molecule has 2 rings (SSSR count). The van der Waals surface area contributed by atoms with Gasteiger partial charge < -0.3 is 5.32 Å². The second-order valence-corrected chi connectivity index (χ2v) is 4.89. The standard InChI is InChI=1S/C12H21NO/c1-2-9-5-6-13-11(7-9)8-12(14)10-3-4-10/h9-11,13H,2-8H2,1H3. The molecule has 0 bridgehead atoms. The second kappa shape index (κ2) is 4.43. The summed E-state index contributed by atoms with van der Waals surface area (Å²) >= 11 is 0. The average Bonchev–Trinajstić information content (AvgIpc) is 3.01. The van der Waals surface area contributed by atoms with Crippen LogP contribution in [0.15, 0.2) is 0 Å². The molecule has 1 saturated heterocycles. The molecule has 1 aliphatic carbocycles. The fourth-order valence-electron chi connectivity index (χ4n) is 2.44. The summed E-state index contributed by atoms with van der Waals surface area (Å²) in [6.07, 6.45) is 6.89. The Morgan fingerprint density at radius 3 is 2.79 bits per heavy atom. The first-order valence-electron chi connectivity index (χ1n) is 6.05. The lowest BCUT2D eigenvalue weighted by molar-refractivity contribution is -0.120. The topological polar surface area (TPSA) is 29.1 Å². The molecule has 80 valence electrons. The lowest BCUT2D eigenvalue weighted by Gasteiger charge is -2.29. The molecule has 0 amide bonds. The third-order valence-corrected chi connectivity index (χ3v) is 3.66. The Balaban J connectivity index is 1.76. The van der Waals surface area contributed by atoms with Crippen LogP contribution >= 0.6 is 0 Å². The minimum atomic E-state index is 0.443. The number of hydrogen-bond donors (Lipinski definition) is 1. The van der Waals surface area contributed by atoms with E-state index in [4.69, 9.17) is 0 Å². The highest BCUT2D eigenvalue weighted by atomic mass is 16.1. The van der Waals surface area contributed by atoms with Crippen molar-refractivity contribution >= 4 is 5.78 Å². The average molecular weight is 195 g/mol. The Labute approximate surface area is 86.5 Å². The summed E-state index contributed by atoms with van der Waals surface area (Å²) in [4.78, 5) is 11.6. The van der Waals surface area contributed by atoms with Crippen LogP contribution in [0.1, 0.15) is 45.4 Å². The van der Waals surface area contributed by atoms with Gasteiger partial charge in [0.1, 0.15) is 5.78 Å². The predicted octanol–water partition coefficient (Wildman–Crippen LogP) is 2.13. The lowest BCUT2D eigenvalue weighted by atomic mass is 9.88. The number of ketones is 1. The maximum atomic E-state index is 11.6. The molecule has 1 saturated carbocycles. The monoisotopic (exact) mass is 195 g/mol. The van der Waals surface area contributed by atoms with Gasteiger partial charge in [0.05, 0.1) is 0 Å². The van der Waals surface area contributed by atoms with Crippen molar-refractivity contribution in [3.63, 3.8) is 0 Å². The summed E-state index contributed by atoms with van der Waals surface area (Å²) in [6, 6.07) is 0.488. The van der Waals surface area contributed by atoms with E-state index >= 15 is 0 Å². The van der Waals surface area contributed by atoms with Gasteiger partial charge in [-0.1, -0.05) is 13.3 Å². The van der Waals surface area contributed by atoms with Gasteiger partial charge in [0.15, 0.2) is 0 Å². The molecule has 1 heterocycles. The number of rotatable bonds is 4. The smallest absolute Gasteiger partial charge is 0.137 e. The fraction of sp³-hybridized carbons (Fsp3) is 0.917. The van der Waals surface area contributed by atoms with E-state index in [1.54, 1.807) is 0 Å². The first kappa shape index (κ1) is 10.2. The van der Waals surface area contributed by atoms with Crippen LogP contribution in [-0.4, -0.2) is 18.4 Å². The van der Waals surface area contributed by atoms with Crippen molar-refractivity contribution in [1.82, 2.24) is 5.32 Å². The second-order valence-electron chi connectivity index (χ2n) is 4.89. The van der Waals surface area contributed by atoms with E-state index in [0.717, 1.165) is 31.7 Å². The number of carbonyl (C=O) groups excluding carboxylic acids is 1. The SMILES string of the molecule is CCC1CCNC(CC(=O)C2CC2)C1. The third-order valence-electron chi connectivity index (χ3n) is 3.66. The highest BCUT2D eigenvalue weighted by Crippen LogP contribution is 2.32. The van der Waals surface area contributed by atoms with E-state index in [9.17, 15) is 4.79 Å². The number of hydrogen-bond acceptors (Lipinski definition) is 2. The van der Waals surface area contributed by atoms with E-state index < -0.39 is 0 Å². The molecule has 2 unspecified atom stereocenters. The third kappa shape index (κ3) is 2.57. The van der Waals surface area contributed by atoms with Gasteiger partial charge in [0.2, 0.25) is 0 Å². The zero-order valence-electron chi connectivity index (χ0n) is 9.09. The van der Waals surface area contributed by atoms with Crippen molar-refractivity contribution in [1.29, 1.82) is 0 Å². The van der Waals surface area contributed by atoms with Crippen LogP contribution in [0.2, 0.25) is 0 Å². The molecular formula is C12H21NO. The molecule has 1 aliphatic heterocycles. The van der Waals surface area contributed by atoms with Crippen molar-refractivity contribution in [3.05, 3.63) is 0 Å². The van der Waals surface area contributed by atoms with Gasteiger partial charge in [-0.05, 0) is 38.1 Å². The summed E-state index contributed by atoms with van der Waals surface area (Å²) in [5.74, 6) is 1.81. The minimum Gasteiger partial charge on any atom is -0.314 e. The van der Waals surface area contributed by atoms with Crippen molar-refractivity contribution in [3.8, 4) is 0 Å². The summed E-state index contributed by atoms with van der Waals surface area (Å²) in [6.45, 7) is 3.37. The quantitative estimate of drug-likeness (QED) is 0.744. The Hall–Kier alpha value is -0.370. The van der Waals surface area contributed by atoms with Gasteiger partial charge in [-0.2, -0.15) is 0 Å². The largest absolute Gasteiger partial charge is 0.314 e. The normalized spacial score (nSPS) is 32.9. The van der Waals surface area contributed by atoms with Gasteiger partial charge >= 0.3 is 0 Å². The Morgan fingerprint density at radius 1 is 1.36 bits per heavy atom. The van der Waals surface area contributed by atoms with Crippen molar-refractivity contribution < 1.29 is 4.79 Å².